The van der Waals surface area contributed by atoms with Crippen LogP contribution >= 0.6 is 0 Å². The lowest BCUT2D eigenvalue weighted by molar-refractivity contribution is -0.142. The van der Waals surface area contributed by atoms with Crippen molar-refractivity contribution >= 4 is 18.0 Å². The number of carboxylic acid groups (broad SMARTS) is 1. The van der Waals surface area contributed by atoms with Crippen LogP contribution in [-0.2, 0) is 20.9 Å². The van der Waals surface area contributed by atoms with E-state index in [1.807, 2.05) is 44.2 Å². The predicted molar refractivity (Wildman–Crippen MR) is 83.7 cm³/mol. The molecule has 23 heavy (non-hydrogen) atoms. The maximum Gasteiger partial charge on any atom is 0.407 e. The maximum absolute atomic E-state index is 11.7. The van der Waals surface area contributed by atoms with E-state index in [1.165, 1.54) is 0 Å². The van der Waals surface area contributed by atoms with Gasteiger partial charge in [0.1, 0.15) is 19.2 Å². The minimum atomic E-state index is -1.10. The van der Waals surface area contributed by atoms with Crippen LogP contribution in [-0.4, -0.2) is 35.7 Å². The molecule has 2 amide bonds. The second-order valence-electron chi connectivity index (χ2n) is 5.50. The van der Waals surface area contributed by atoms with Crippen molar-refractivity contribution in [3.8, 4) is 0 Å². The number of benzene rings is 1. The number of amides is 2. The Bertz CT molecular complexity index is 531. The van der Waals surface area contributed by atoms with Gasteiger partial charge >= 0.3 is 12.1 Å². The largest absolute Gasteiger partial charge is 0.480 e. The van der Waals surface area contributed by atoms with E-state index in [2.05, 4.69) is 10.6 Å². The number of carboxylic acids is 1. The molecule has 3 N–H and O–H groups in total. The van der Waals surface area contributed by atoms with Gasteiger partial charge in [0.2, 0.25) is 5.91 Å². The molecule has 0 spiro atoms. The van der Waals surface area contributed by atoms with Crippen LogP contribution in [0.25, 0.3) is 0 Å². The van der Waals surface area contributed by atoms with Crippen molar-refractivity contribution in [3.05, 3.63) is 35.9 Å². The number of hydrogen-bond acceptors (Lipinski definition) is 4. The van der Waals surface area contributed by atoms with Crippen LogP contribution in [0.15, 0.2) is 30.3 Å². The molecule has 0 aliphatic heterocycles. The summed E-state index contributed by atoms with van der Waals surface area (Å²) in [6.07, 6.45) is -0.417. The Balaban J connectivity index is 2.31. The zero-order chi connectivity index (χ0) is 17.2. The van der Waals surface area contributed by atoms with E-state index in [0.717, 1.165) is 5.56 Å². The standard InChI is InChI=1S/C16H22N2O5/c1-11(2)8-13(15(20)21)18-14(19)9-17-16(22)23-10-12-6-4-3-5-7-12/h3-7,11,13H,8-10H2,1-2H3,(H,17,22)(H,18,19)(H,20,21)/t13-/m1/s1. The zero-order valence-electron chi connectivity index (χ0n) is 13.2. The van der Waals surface area contributed by atoms with Gasteiger partial charge in [-0.2, -0.15) is 0 Å². The molecule has 7 heteroatoms. The van der Waals surface area contributed by atoms with Gasteiger partial charge in [-0.15, -0.1) is 0 Å². The fraction of sp³-hybridized carbons (Fsp3) is 0.438. The molecular formula is C16H22N2O5. The molecule has 1 atom stereocenters. The van der Waals surface area contributed by atoms with Crippen molar-refractivity contribution in [3.63, 3.8) is 0 Å². The zero-order valence-corrected chi connectivity index (χ0v) is 13.2. The first-order valence-electron chi connectivity index (χ1n) is 7.35. The van der Waals surface area contributed by atoms with Gasteiger partial charge in [0.05, 0.1) is 0 Å². The summed E-state index contributed by atoms with van der Waals surface area (Å²) in [4.78, 5) is 34.2. The highest BCUT2D eigenvalue weighted by atomic mass is 16.5. The molecule has 0 radical (unpaired) electrons. The SMILES string of the molecule is CC(C)C[C@@H](NC(=O)CNC(=O)OCc1ccccc1)C(=O)O. The average Bonchev–Trinajstić information content (AvgIpc) is 2.50. The maximum atomic E-state index is 11.7. The first-order valence-corrected chi connectivity index (χ1v) is 7.35. The first kappa shape index (κ1) is 18.5. The van der Waals surface area contributed by atoms with Gasteiger partial charge < -0.3 is 20.5 Å². The Hall–Kier alpha value is -2.57. The fourth-order valence-corrected chi connectivity index (χ4v) is 1.86. The first-order chi connectivity index (χ1) is 10.9. The summed E-state index contributed by atoms with van der Waals surface area (Å²) in [5.74, 6) is -1.55. The molecule has 1 aromatic carbocycles. The van der Waals surface area contributed by atoms with E-state index < -0.39 is 24.0 Å². The normalized spacial score (nSPS) is 11.6. The number of carbonyl (C=O) groups excluding carboxylic acids is 2. The van der Waals surface area contributed by atoms with Crippen molar-refractivity contribution in [1.82, 2.24) is 10.6 Å². The lowest BCUT2D eigenvalue weighted by Gasteiger charge is -2.16. The number of hydrogen-bond donors (Lipinski definition) is 3. The highest BCUT2D eigenvalue weighted by molar-refractivity contribution is 5.86. The van der Waals surface area contributed by atoms with Crippen LogP contribution in [0.3, 0.4) is 0 Å². The van der Waals surface area contributed by atoms with Crippen LogP contribution in [0.4, 0.5) is 4.79 Å². The number of carbonyl (C=O) groups is 3. The van der Waals surface area contributed by atoms with E-state index in [1.54, 1.807) is 0 Å². The van der Waals surface area contributed by atoms with Crippen molar-refractivity contribution < 1.29 is 24.2 Å². The molecule has 0 aromatic heterocycles. The topological polar surface area (TPSA) is 105 Å². The third kappa shape index (κ3) is 7.85. The highest BCUT2D eigenvalue weighted by Crippen LogP contribution is 2.04. The fourth-order valence-electron chi connectivity index (χ4n) is 1.86. The summed E-state index contributed by atoms with van der Waals surface area (Å²) in [7, 11) is 0. The van der Waals surface area contributed by atoms with Crippen molar-refractivity contribution in [2.75, 3.05) is 6.54 Å². The van der Waals surface area contributed by atoms with E-state index >= 15 is 0 Å². The monoisotopic (exact) mass is 322 g/mol. The Kier molecular flexibility index (Phi) is 7.59. The Labute approximate surface area is 135 Å². The summed E-state index contributed by atoms with van der Waals surface area (Å²) in [6, 6.07) is 8.15. The molecule has 1 aromatic rings. The number of ether oxygens (including phenoxy) is 1. The summed E-state index contributed by atoms with van der Waals surface area (Å²) < 4.78 is 4.95. The summed E-state index contributed by atoms with van der Waals surface area (Å²) in [6.45, 7) is 3.48. The Morgan fingerprint density at radius 1 is 1.17 bits per heavy atom. The number of aliphatic carboxylic acids is 1. The van der Waals surface area contributed by atoms with E-state index in [4.69, 9.17) is 9.84 Å². The molecule has 0 heterocycles. The van der Waals surface area contributed by atoms with Gasteiger partial charge in [0.15, 0.2) is 0 Å². The van der Waals surface area contributed by atoms with Crippen molar-refractivity contribution in [2.24, 2.45) is 5.92 Å². The van der Waals surface area contributed by atoms with Crippen LogP contribution in [0.5, 0.6) is 0 Å². The van der Waals surface area contributed by atoms with Crippen LogP contribution < -0.4 is 10.6 Å². The van der Waals surface area contributed by atoms with Crippen LogP contribution in [0.2, 0.25) is 0 Å². The molecule has 7 nitrogen and oxygen atoms in total. The molecule has 0 bridgehead atoms. The summed E-state index contributed by atoms with van der Waals surface area (Å²) in [5.41, 5.74) is 0.829. The van der Waals surface area contributed by atoms with Gasteiger partial charge in [0.25, 0.3) is 0 Å². The Morgan fingerprint density at radius 2 is 1.83 bits per heavy atom. The lowest BCUT2D eigenvalue weighted by atomic mass is 10.0. The predicted octanol–water partition coefficient (Wildman–Crippen LogP) is 1.53. The molecule has 0 unspecified atom stereocenters. The minimum absolute atomic E-state index is 0.0966. The highest BCUT2D eigenvalue weighted by Gasteiger charge is 2.21. The van der Waals surface area contributed by atoms with E-state index in [9.17, 15) is 14.4 Å². The lowest BCUT2D eigenvalue weighted by Crippen LogP contribution is -2.46. The molecule has 0 saturated carbocycles. The minimum Gasteiger partial charge on any atom is -0.480 e. The molecule has 0 fully saturated rings. The summed E-state index contributed by atoms with van der Waals surface area (Å²) in [5, 5.41) is 13.7. The van der Waals surface area contributed by atoms with E-state index in [0.29, 0.717) is 6.42 Å². The van der Waals surface area contributed by atoms with Gasteiger partial charge in [-0.1, -0.05) is 44.2 Å². The second-order valence-corrected chi connectivity index (χ2v) is 5.50. The summed E-state index contributed by atoms with van der Waals surface area (Å²) >= 11 is 0. The van der Waals surface area contributed by atoms with Crippen LogP contribution in [0.1, 0.15) is 25.8 Å². The van der Waals surface area contributed by atoms with Gasteiger partial charge in [-0.25, -0.2) is 9.59 Å². The van der Waals surface area contributed by atoms with Gasteiger partial charge in [-0.05, 0) is 17.9 Å². The van der Waals surface area contributed by atoms with Crippen molar-refractivity contribution in [2.45, 2.75) is 32.9 Å². The molecule has 1 rings (SSSR count). The Morgan fingerprint density at radius 3 is 2.39 bits per heavy atom. The molecule has 0 aliphatic rings. The van der Waals surface area contributed by atoms with Crippen LogP contribution in [0, 0.1) is 5.92 Å². The molecular weight excluding hydrogens is 300 g/mol. The quantitative estimate of drug-likeness (QED) is 0.673. The second kappa shape index (κ2) is 9.45. The molecule has 126 valence electrons. The molecule has 0 saturated heterocycles. The number of rotatable bonds is 8. The molecule has 0 aliphatic carbocycles. The smallest absolute Gasteiger partial charge is 0.407 e. The number of nitrogens with one attached hydrogen (secondary N) is 2. The third-order valence-electron chi connectivity index (χ3n) is 2.95. The van der Waals surface area contributed by atoms with Crippen molar-refractivity contribution in [1.29, 1.82) is 0 Å². The van der Waals surface area contributed by atoms with E-state index in [-0.39, 0.29) is 19.1 Å². The number of alkyl carbamates (subject to hydrolysis) is 1. The average molecular weight is 322 g/mol. The third-order valence-corrected chi connectivity index (χ3v) is 2.95. The van der Waals surface area contributed by atoms with Gasteiger partial charge in [-0.3, -0.25) is 4.79 Å². The van der Waals surface area contributed by atoms with Gasteiger partial charge in [0, 0.05) is 0 Å².